The van der Waals surface area contributed by atoms with Crippen molar-refractivity contribution in [1.82, 2.24) is 39.8 Å². The Labute approximate surface area is 454 Å². The molecule has 0 saturated carbocycles. The molecule has 0 aliphatic heterocycles. The van der Waals surface area contributed by atoms with E-state index in [1.807, 2.05) is 60.1 Å². The van der Waals surface area contributed by atoms with Crippen LogP contribution in [0.4, 0.5) is 40.6 Å². The minimum absolute atomic E-state index is 0.0169. The smallest absolute Gasteiger partial charge is 0.388 e. The van der Waals surface area contributed by atoms with Gasteiger partial charge < -0.3 is 26.2 Å². The molecule has 0 unspecified atom stereocenters. The number of aromatic nitrogens is 7. The third-order valence-electron chi connectivity index (χ3n) is 11.3. The summed E-state index contributed by atoms with van der Waals surface area (Å²) in [5.41, 5.74) is 7.80. The number of aldehydes is 1. The number of aryl methyl sites for hydroxylation is 2. The van der Waals surface area contributed by atoms with Crippen LogP contribution >= 0.6 is 0 Å². The van der Waals surface area contributed by atoms with Gasteiger partial charge in [0.15, 0.2) is 0 Å². The Hall–Kier alpha value is -9.68. The normalized spacial score (nSPS) is 10.7. The van der Waals surface area contributed by atoms with Crippen LogP contribution in [0.3, 0.4) is 0 Å². The van der Waals surface area contributed by atoms with E-state index < -0.39 is 29.0 Å². The largest absolute Gasteiger partial charge is 0.433 e. The second-order valence-corrected chi connectivity index (χ2v) is 17.8. The molecule has 21 heteroatoms. The molecule has 3 amide bonds. The van der Waals surface area contributed by atoms with Gasteiger partial charge in [-0.25, -0.2) is 19.3 Å². The molecule has 79 heavy (non-hydrogen) atoms. The number of pyridine rings is 5. The fourth-order valence-electron chi connectivity index (χ4n) is 7.22. The summed E-state index contributed by atoms with van der Waals surface area (Å²) in [4.78, 5) is 76.7. The van der Waals surface area contributed by atoms with Gasteiger partial charge in [-0.1, -0.05) is 19.9 Å². The zero-order chi connectivity index (χ0) is 57.9. The molecule has 0 atom stereocenters. The summed E-state index contributed by atoms with van der Waals surface area (Å²) in [6.45, 7) is 11.5. The molecular weight excluding hydrogens is 1020 g/mol. The summed E-state index contributed by atoms with van der Waals surface area (Å²) in [6, 6.07) is 26.9. The maximum absolute atomic E-state index is 14.9. The lowest BCUT2D eigenvalue weighted by Crippen LogP contribution is -2.27. The summed E-state index contributed by atoms with van der Waals surface area (Å²) in [6.07, 6.45) is 7.12. The predicted molar refractivity (Wildman–Crippen MR) is 296 cm³/mol. The van der Waals surface area contributed by atoms with E-state index in [1.165, 1.54) is 30.5 Å². The van der Waals surface area contributed by atoms with Crippen molar-refractivity contribution < 1.29 is 36.7 Å². The number of nitrogens with zero attached hydrogens (tertiary/aromatic N) is 9. The van der Waals surface area contributed by atoms with Crippen molar-refractivity contribution in [3.63, 3.8) is 0 Å². The van der Waals surface area contributed by atoms with Crippen molar-refractivity contribution in [2.45, 2.75) is 53.1 Å². The number of hydrogen-bond donors (Lipinski definition) is 4. The quantitative estimate of drug-likeness (QED) is 0.0586. The SMILES string of the molecule is CC.CNc1ccc(C)c(-c2cncc(-c3ccnc(NC(=O)CN(C)C)c3)n2)c1.Cc1cc(F)c(NC(=O)c2ccnc(C(C)(C)C#N)c2)cc1-c1ccnc(-c2ccnc(NC=O)c2)c1.O=Cc1ccnc(C(F)(F)F)c1. The Bertz CT molecular complexity index is 3480. The highest BCUT2D eigenvalue weighted by Crippen LogP contribution is 2.33. The lowest BCUT2D eigenvalue weighted by atomic mass is 9.90. The number of alkyl halides is 3. The highest BCUT2D eigenvalue weighted by atomic mass is 19.4. The van der Waals surface area contributed by atoms with E-state index in [-0.39, 0.29) is 22.7 Å². The summed E-state index contributed by atoms with van der Waals surface area (Å²) >= 11 is 0. The van der Waals surface area contributed by atoms with Gasteiger partial charge in [-0.15, -0.1) is 0 Å². The fraction of sp³-hybridized carbons (Fsp3) is 0.207. The van der Waals surface area contributed by atoms with Gasteiger partial charge in [0.05, 0.1) is 58.9 Å². The van der Waals surface area contributed by atoms with Crippen LogP contribution in [0.25, 0.3) is 44.9 Å². The van der Waals surface area contributed by atoms with Gasteiger partial charge in [0.2, 0.25) is 12.3 Å². The first kappa shape index (κ1) is 60.2. The second-order valence-electron chi connectivity index (χ2n) is 17.8. The summed E-state index contributed by atoms with van der Waals surface area (Å²) in [7, 11) is 5.57. The van der Waals surface area contributed by atoms with E-state index in [2.05, 4.69) is 69.4 Å². The highest BCUT2D eigenvalue weighted by molar-refractivity contribution is 6.04. The number of nitriles is 1. The zero-order valence-electron chi connectivity index (χ0n) is 44.7. The van der Waals surface area contributed by atoms with E-state index in [9.17, 15) is 42.0 Å². The molecule has 0 bridgehead atoms. The third-order valence-corrected chi connectivity index (χ3v) is 11.3. The molecule has 6 aromatic heterocycles. The predicted octanol–water partition coefficient (Wildman–Crippen LogP) is 11.3. The second kappa shape index (κ2) is 27.9. The molecule has 0 fully saturated rings. The first-order valence-corrected chi connectivity index (χ1v) is 24.3. The average molecular weight is 1080 g/mol. The van der Waals surface area contributed by atoms with Gasteiger partial charge in [0.1, 0.15) is 29.4 Å². The number of amides is 3. The number of anilines is 4. The molecule has 8 rings (SSSR count). The monoisotopic (exact) mass is 1080 g/mol. The average Bonchev–Trinajstić information content (AvgIpc) is 3.47. The Kier molecular flexibility index (Phi) is 21.3. The standard InChI is InChI=1S/C28H23FN6O2.C21H24N6O.C7H4F3NO.C2H6/c1-17-10-22(29)24(35-27(37)20-6-8-32-25(12-20)28(2,3)15-30)14-21(17)18-4-7-31-23(11-18)19-5-9-33-26(13-19)34-16-36;1-14-5-6-16(22-2)10-17(14)19-12-23-11-18(25-19)15-7-8-24-20(9-15)26-21(28)13-27(3)4;8-7(9,10)6-3-5(4-12)1-2-11-6;1-2/h4-14,16H,1-3H3,(H,35,37)(H,33,34,36);5-12,22H,13H2,1-4H3,(H,24,26,28);1-4H;1-2H3. The number of hydrogen-bond acceptors (Lipinski definition) is 14. The number of carbonyl (C=O) groups is 4. The summed E-state index contributed by atoms with van der Waals surface area (Å²) in [5, 5.41) is 20.5. The maximum atomic E-state index is 14.9. The molecule has 0 aliphatic rings. The zero-order valence-corrected chi connectivity index (χ0v) is 44.7. The Morgan fingerprint density at radius 2 is 1.32 bits per heavy atom. The molecule has 406 valence electrons. The molecule has 0 aliphatic carbocycles. The van der Waals surface area contributed by atoms with Gasteiger partial charge in [0, 0.05) is 71.5 Å². The van der Waals surface area contributed by atoms with Crippen molar-refractivity contribution in [2.24, 2.45) is 0 Å². The molecular formula is C58H57F4N13O4. The maximum Gasteiger partial charge on any atom is 0.433 e. The molecule has 8 aromatic rings. The van der Waals surface area contributed by atoms with Crippen LogP contribution in [0, 0.1) is 31.0 Å². The van der Waals surface area contributed by atoms with E-state index in [0.29, 0.717) is 59.5 Å². The van der Waals surface area contributed by atoms with Gasteiger partial charge in [-0.2, -0.15) is 18.4 Å². The van der Waals surface area contributed by atoms with Gasteiger partial charge in [-0.05, 0) is 149 Å². The van der Waals surface area contributed by atoms with Crippen LogP contribution in [0.5, 0.6) is 0 Å². The molecule has 4 N–H and O–H groups in total. The summed E-state index contributed by atoms with van der Waals surface area (Å²) < 4.78 is 50.7. The molecule has 0 radical (unpaired) electrons. The minimum atomic E-state index is -4.49. The first-order valence-electron chi connectivity index (χ1n) is 24.3. The topological polar surface area (TPSA) is 234 Å². The van der Waals surface area contributed by atoms with Gasteiger partial charge in [-0.3, -0.25) is 39.1 Å². The number of halogens is 4. The fourth-order valence-corrected chi connectivity index (χ4v) is 7.22. The highest BCUT2D eigenvalue weighted by Gasteiger charge is 2.32. The van der Waals surface area contributed by atoms with E-state index in [0.717, 1.165) is 51.1 Å². The number of carbonyl (C=O) groups excluding carboxylic acids is 4. The molecule has 0 spiro atoms. The summed E-state index contributed by atoms with van der Waals surface area (Å²) in [5.74, 6) is -0.332. The van der Waals surface area contributed by atoms with Crippen LogP contribution in [0.2, 0.25) is 0 Å². The lowest BCUT2D eigenvalue weighted by Gasteiger charge is -2.16. The van der Waals surface area contributed by atoms with Crippen molar-refractivity contribution in [1.29, 1.82) is 5.26 Å². The van der Waals surface area contributed by atoms with E-state index in [4.69, 9.17) is 4.98 Å². The number of nitrogens with one attached hydrogen (secondary N) is 4. The van der Waals surface area contributed by atoms with Gasteiger partial charge >= 0.3 is 6.18 Å². The van der Waals surface area contributed by atoms with Crippen molar-refractivity contribution in [3.05, 3.63) is 174 Å². The van der Waals surface area contributed by atoms with Gasteiger partial charge in [0.25, 0.3) is 5.91 Å². The van der Waals surface area contributed by atoms with E-state index in [1.54, 1.807) is 87.0 Å². The Balaban J connectivity index is 0.000000240. The van der Waals surface area contributed by atoms with Crippen LogP contribution in [-0.4, -0.2) is 92.0 Å². The number of benzene rings is 2. The minimum Gasteiger partial charge on any atom is -0.388 e. The molecule has 6 heterocycles. The van der Waals surface area contributed by atoms with Crippen molar-refractivity contribution in [3.8, 4) is 51.0 Å². The lowest BCUT2D eigenvalue weighted by molar-refractivity contribution is -0.141. The van der Waals surface area contributed by atoms with Crippen molar-refractivity contribution in [2.75, 3.05) is 49.0 Å². The van der Waals surface area contributed by atoms with Crippen LogP contribution in [0.1, 0.15) is 70.9 Å². The van der Waals surface area contributed by atoms with Crippen LogP contribution in [-0.2, 0) is 21.2 Å². The Morgan fingerprint density at radius 1 is 0.684 bits per heavy atom. The van der Waals surface area contributed by atoms with E-state index >= 15 is 0 Å². The first-order chi connectivity index (χ1) is 37.7. The van der Waals surface area contributed by atoms with Crippen molar-refractivity contribution >= 4 is 47.5 Å². The Morgan fingerprint density at radius 3 is 1.99 bits per heavy atom. The molecule has 2 aromatic carbocycles. The van der Waals surface area contributed by atoms with Crippen LogP contribution in [0.15, 0.2) is 134 Å². The molecule has 17 nitrogen and oxygen atoms in total. The number of likely N-dealkylation sites (N-methyl/N-ethyl adjacent to an activating group) is 1. The molecule has 0 saturated heterocycles. The third kappa shape index (κ3) is 16.9. The van der Waals surface area contributed by atoms with Crippen LogP contribution < -0.4 is 21.3 Å². The number of rotatable bonds is 14.